The molecule has 0 fully saturated rings. The quantitative estimate of drug-likeness (QED) is 0.389. The molecule has 0 aliphatic carbocycles. The predicted molar refractivity (Wildman–Crippen MR) is 110 cm³/mol. The van der Waals surface area contributed by atoms with Crippen LogP contribution in [0.3, 0.4) is 0 Å². The van der Waals surface area contributed by atoms with E-state index in [-0.39, 0.29) is 17.9 Å². The topological polar surface area (TPSA) is 73.6 Å². The van der Waals surface area contributed by atoms with E-state index in [4.69, 9.17) is 26.2 Å². The van der Waals surface area contributed by atoms with Crippen LogP contribution in [0.25, 0.3) is 10.9 Å². The van der Waals surface area contributed by atoms with Gasteiger partial charge in [-0.15, -0.1) is 0 Å². The van der Waals surface area contributed by atoms with Gasteiger partial charge in [-0.25, -0.2) is 13.6 Å². The molecule has 4 rings (SSSR count). The molecule has 0 saturated heterocycles. The molecule has 0 spiro atoms. The van der Waals surface area contributed by atoms with Crippen LogP contribution in [0.4, 0.5) is 13.6 Å². The fourth-order valence-electron chi connectivity index (χ4n) is 3.19. The summed E-state index contributed by atoms with van der Waals surface area (Å²) >= 11 is 6.15. The highest BCUT2D eigenvalue weighted by Crippen LogP contribution is 2.29. The Bertz CT molecular complexity index is 1280. The van der Waals surface area contributed by atoms with Gasteiger partial charge < -0.3 is 19.1 Å². The fourth-order valence-corrected chi connectivity index (χ4v) is 3.38. The van der Waals surface area contributed by atoms with E-state index in [1.807, 2.05) is 4.57 Å². The highest BCUT2D eigenvalue weighted by atomic mass is 35.5. The van der Waals surface area contributed by atoms with Crippen LogP contribution in [-0.4, -0.2) is 20.8 Å². The van der Waals surface area contributed by atoms with Crippen LogP contribution in [0.2, 0.25) is 5.02 Å². The number of aromatic nitrogens is 2. The molecule has 31 heavy (non-hydrogen) atoms. The molecule has 0 radical (unpaired) electrons. The Kier molecular flexibility index (Phi) is 5.73. The number of carboxylic acid groups (broad SMARTS) is 1. The molecule has 2 heterocycles. The molecular weight excluding hydrogens is 430 g/mol. The molecule has 9 heteroatoms. The third-order valence-corrected chi connectivity index (χ3v) is 4.85. The highest BCUT2D eigenvalue weighted by molar-refractivity contribution is 6.30. The van der Waals surface area contributed by atoms with Gasteiger partial charge in [0.1, 0.15) is 24.0 Å². The summed E-state index contributed by atoms with van der Waals surface area (Å²) < 4.78 is 39.4. The third-order valence-electron chi connectivity index (χ3n) is 4.62. The van der Waals surface area contributed by atoms with Crippen LogP contribution >= 0.6 is 11.6 Å². The molecule has 0 aliphatic rings. The number of halogens is 3. The molecule has 0 unspecified atom stereocenters. The van der Waals surface area contributed by atoms with Crippen LogP contribution in [0, 0.1) is 11.6 Å². The van der Waals surface area contributed by atoms with E-state index in [0.29, 0.717) is 33.8 Å². The Balaban J connectivity index is 1.62. The molecule has 1 N–H and O–H groups in total. The van der Waals surface area contributed by atoms with E-state index in [0.717, 1.165) is 6.07 Å². The Labute approximate surface area is 180 Å². The van der Waals surface area contributed by atoms with Gasteiger partial charge in [-0.3, -0.25) is 4.98 Å². The van der Waals surface area contributed by atoms with E-state index >= 15 is 0 Å². The lowest BCUT2D eigenvalue weighted by Crippen LogP contribution is -2.05. The second kappa shape index (κ2) is 8.61. The second-order valence-corrected chi connectivity index (χ2v) is 7.09. The van der Waals surface area contributed by atoms with E-state index in [1.165, 1.54) is 18.3 Å². The number of nitrogens with zero attached hydrogens (tertiary/aromatic N) is 2. The Hall–Kier alpha value is -3.65. The molecular formula is C22H15ClF2N2O4. The van der Waals surface area contributed by atoms with Crippen LogP contribution < -0.4 is 9.47 Å². The maximum Gasteiger partial charge on any atom is 0.511 e. The summed E-state index contributed by atoms with van der Waals surface area (Å²) in [5.74, 6) is -0.754. The van der Waals surface area contributed by atoms with Crippen molar-refractivity contribution in [3.05, 3.63) is 88.8 Å². The summed E-state index contributed by atoms with van der Waals surface area (Å²) in [6, 6.07) is 10.0. The molecule has 0 amide bonds. The Morgan fingerprint density at radius 2 is 1.90 bits per heavy atom. The average molecular weight is 445 g/mol. The second-order valence-electron chi connectivity index (χ2n) is 6.66. The van der Waals surface area contributed by atoms with E-state index < -0.39 is 17.8 Å². The number of fused-ring (bicyclic) bond motifs is 1. The third kappa shape index (κ3) is 4.59. The number of hydrogen-bond acceptors (Lipinski definition) is 4. The van der Waals surface area contributed by atoms with Crippen LogP contribution in [0.15, 0.2) is 61.1 Å². The summed E-state index contributed by atoms with van der Waals surface area (Å²) in [7, 11) is 0. The maximum atomic E-state index is 13.9. The molecule has 0 bridgehead atoms. The lowest BCUT2D eigenvalue weighted by molar-refractivity contribution is 0.145. The smallest absolute Gasteiger partial charge is 0.488 e. The zero-order chi connectivity index (χ0) is 22.0. The summed E-state index contributed by atoms with van der Waals surface area (Å²) in [5, 5.41) is 9.95. The number of rotatable bonds is 6. The van der Waals surface area contributed by atoms with Crippen molar-refractivity contribution < 1.29 is 28.2 Å². The van der Waals surface area contributed by atoms with Crippen LogP contribution in [-0.2, 0) is 13.2 Å². The van der Waals surface area contributed by atoms with Gasteiger partial charge in [-0.2, -0.15) is 0 Å². The van der Waals surface area contributed by atoms with E-state index in [1.54, 1.807) is 36.7 Å². The maximum absolute atomic E-state index is 13.9. The molecule has 4 aromatic rings. The normalized spacial score (nSPS) is 10.9. The van der Waals surface area contributed by atoms with Crippen molar-refractivity contribution in [2.45, 2.75) is 13.2 Å². The van der Waals surface area contributed by atoms with Gasteiger partial charge >= 0.3 is 6.16 Å². The number of pyridine rings is 1. The summed E-state index contributed by atoms with van der Waals surface area (Å²) in [5.41, 5.74) is 1.57. The van der Waals surface area contributed by atoms with E-state index in [9.17, 15) is 13.6 Å². The minimum atomic E-state index is -1.43. The molecule has 0 aliphatic heterocycles. The summed E-state index contributed by atoms with van der Waals surface area (Å²) in [6.07, 6.45) is 3.24. The average Bonchev–Trinajstić information content (AvgIpc) is 3.12. The van der Waals surface area contributed by atoms with Gasteiger partial charge in [0.05, 0.1) is 24.5 Å². The summed E-state index contributed by atoms with van der Waals surface area (Å²) in [4.78, 5) is 14.9. The number of ether oxygens (including phenoxy) is 2. The molecule has 0 saturated carbocycles. The number of benzene rings is 2. The first-order chi connectivity index (χ1) is 14.9. The molecule has 0 atom stereocenters. The Morgan fingerprint density at radius 3 is 2.68 bits per heavy atom. The van der Waals surface area contributed by atoms with Crippen molar-refractivity contribution in [2.24, 2.45) is 0 Å². The van der Waals surface area contributed by atoms with Crippen molar-refractivity contribution in [1.82, 2.24) is 9.55 Å². The van der Waals surface area contributed by atoms with Crippen LogP contribution in [0.1, 0.15) is 11.1 Å². The minimum absolute atomic E-state index is 0.0919. The van der Waals surface area contributed by atoms with Crippen molar-refractivity contribution in [2.75, 3.05) is 0 Å². The van der Waals surface area contributed by atoms with Gasteiger partial charge in [-0.1, -0.05) is 11.6 Å². The first-order valence-electron chi connectivity index (χ1n) is 9.09. The summed E-state index contributed by atoms with van der Waals surface area (Å²) in [6.45, 7) is 0.231. The monoisotopic (exact) mass is 444 g/mol. The number of hydrogen-bond donors (Lipinski definition) is 1. The lowest BCUT2D eigenvalue weighted by Gasteiger charge is -2.14. The fraction of sp³-hybridized carbons (Fsp3) is 0.0909. The first kappa shape index (κ1) is 20.6. The van der Waals surface area contributed by atoms with Crippen LogP contribution in [0.5, 0.6) is 11.5 Å². The predicted octanol–water partition coefficient (Wildman–Crippen LogP) is 5.65. The molecule has 2 aromatic heterocycles. The minimum Gasteiger partial charge on any atom is -0.488 e. The van der Waals surface area contributed by atoms with Crippen molar-refractivity contribution in [3.63, 3.8) is 0 Å². The first-order valence-corrected chi connectivity index (χ1v) is 9.47. The van der Waals surface area contributed by atoms with Crippen molar-refractivity contribution in [1.29, 1.82) is 0 Å². The SMILES string of the molecule is O=C(O)Oc1cncc2c1ccn2Cc1cc(Cl)ccc1OCc1ccc(F)cc1F. The van der Waals surface area contributed by atoms with Crippen molar-refractivity contribution in [3.8, 4) is 11.5 Å². The van der Waals surface area contributed by atoms with Gasteiger partial charge in [0.25, 0.3) is 0 Å². The van der Waals surface area contributed by atoms with Gasteiger partial charge in [0.2, 0.25) is 0 Å². The van der Waals surface area contributed by atoms with Gasteiger partial charge in [0.15, 0.2) is 5.75 Å². The molecule has 2 aromatic carbocycles. The van der Waals surface area contributed by atoms with Gasteiger partial charge in [0, 0.05) is 33.8 Å². The van der Waals surface area contributed by atoms with Crippen molar-refractivity contribution >= 4 is 28.7 Å². The highest BCUT2D eigenvalue weighted by Gasteiger charge is 2.13. The molecule has 6 nitrogen and oxygen atoms in total. The van der Waals surface area contributed by atoms with E-state index in [2.05, 4.69) is 4.98 Å². The zero-order valence-corrected chi connectivity index (χ0v) is 16.6. The standard InChI is InChI=1S/C22H15ClF2N2O4/c23-15-2-4-20(30-12-13-1-3-16(24)8-18(13)25)14(7-15)11-27-6-5-17-19(27)9-26-10-21(17)31-22(28)29/h1-10H,11-12H2,(H,28,29). The Morgan fingerprint density at radius 1 is 1.06 bits per heavy atom. The molecule has 158 valence electrons. The zero-order valence-electron chi connectivity index (χ0n) is 15.9. The number of carbonyl (C=O) groups is 1. The largest absolute Gasteiger partial charge is 0.511 e. The van der Waals surface area contributed by atoms with Gasteiger partial charge in [-0.05, 0) is 36.4 Å². The lowest BCUT2D eigenvalue weighted by atomic mass is 10.2.